The molecule has 0 fully saturated rings. The van der Waals surface area contributed by atoms with Crippen molar-refractivity contribution in [2.45, 2.75) is 46.2 Å². The molecule has 0 amide bonds. The van der Waals surface area contributed by atoms with Crippen LogP contribution in [-0.2, 0) is 0 Å². The molecule has 0 aliphatic carbocycles. The molecule has 1 aromatic carbocycles. The van der Waals surface area contributed by atoms with Gasteiger partial charge in [0.1, 0.15) is 5.82 Å². The second-order valence-corrected chi connectivity index (χ2v) is 5.96. The van der Waals surface area contributed by atoms with Crippen LogP contribution in [0, 0.1) is 11.7 Å². The zero-order valence-corrected chi connectivity index (χ0v) is 12.7. The van der Waals surface area contributed by atoms with Gasteiger partial charge in [-0.3, -0.25) is 0 Å². The summed E-state index contributed by atoms with van der Waals surface area (Å²) >= 11 is 12.1. The Morgan fingerprint density at radius 1 is 1.17 bits per heavy atom. The third kappa shape index (κ3) is 4.11. The molecule has 0 heterocycles. The molecule has 0 saturated carbocycles. The SMILES string of the molecule is CC(C)CC(C)NC(C)c1c(Cl)ccc(F)c1Cl. The lowest BCUT2D eigenvalue weighted by Gasteiger charge is -2.23. The van der Waals surface area contributed by atoms with Crippen LogP contribution in [0.25, 0.3) is 0 Å². The van der Waals surface area contributed by atoms with Gasteiger partial charge < -0.3 is 5.32 Å². The van der Waals surface area contributed by atoms with Crippen LogP contribution in [0.2, 0.25) is 10.0 Å². The smallest absolute Gasteiger partial charge is 0.142 e. The minimum atomic E-state index is -0.429. The molecule has 102 valence electrons. The molecule has 0 radical (unpaired) electrons. The fraction of sp³-hybridized carbons (Fsp3) is 0.571. The van der Waals surface area contributed by atoms with Crippen LogP contribution >= 0.6 is 23.2 Å². The highest BCUT2D eigenvalue weighted by atomic mass is 35.5. The molecule has 1 rings (SSSR count). The van der Waals surface area contributed by atoms with E-state index in [1.54, 1.807) is 6.07 Å². The fourth-order valence-electron chi connectivity index (χ4n) is 2.22. The molecular formula is C14H20Cl2FN. The number of hydrogen-bond acceptors (Lipinski definition) is 1. The van der Waals surface area contributed by atoms with Crippen LogP contribution in [0.15, 0.2) is 12.1 Å². The third-order valence-corrected chi connectivity index (χ3v) is 3.59. The maximum atomic E-state index is 13.4. The summed E-state index contributed by atoms with van der Waals surface area (Å²) in [6, 6.07) is 3.09. The molecule has 0 aliphatic rings. The van der Waals surface area contributed by atoms with E-state index >= 15 is 0 Å². The lowest BCUT2D eigenvalue weighted by molar-refractivity contribution is 0.406. The largest absolute Gasteiger partial charge is 0.308 e. The van der Waals surface area contributed by atoms with E-state index in [4.69, 9.17) is 23.2 Å². The first-order valence-corrected chi connectivity index (χ1v) is 6.98. The minimum Gasteiger partial charge on any atom is -0.308 e. The minimum absolute atomic E-state index is 0.0746. The molecule has 0 saturated heterocycles. The maximum absolute atomic E-state index is 13.4. The molecule has 1 N–H and O–H groups in total. The Kier molecular flexibility index (Phi) is 5.90. The van der Waals surface area contributed by atoms with E-state index in [2.05, 4.69) is 26.1 Å². The summed E-state index contributed by atoms with van der Waals surface area (Å²) in [6.45, 7) is 8.40. The first-order valence-electron chi connectivity index (χ1n) is 6.22. The van der Waals surface area contributed by atoms with Crippen LogP contribution in [0.1, 0.15) is 45.7 Å². The molecule has 0 bridgehead atoms. The van der Waals surface area contributed by atoms with Gasteiger partial charge in [-0.2, -0.15) is 0 Å². The summed E-state index contributed by atoms with van der Waals surface area (Å²) in [4.78, 5) is 0. The van der Waals surface area contributed by atoms with Gasteiger partial charge in [0.15, 0.2) is 0 Å². The fourth-order valence-corrected chi connectivity index (χ4v) is 2.92. The van der Waals surface area contributed by atoms with Gasteiger partial charge in [0, 0.05) is 22.7 Å². The highest BCUT2D eigenvalue weighted by Gasteiger charge is 2.18. The third-order valence-electron chi connectivity index (χ3n) is 2.87. The Bertz CT molecular complexity index is 407. The predicted octanol–water partition coefficient (Wildman–Crippen LogP) is 5.22. The van der Waals surface area contributed by atoms with Crippen LogP contribution in [0.3, 0.4) is 0 Å². The zero-order chi connectivity index (χ0) is 13.9. The molecule has 0 aromatic heterocycles. The van der Waals surface area contributed by atoms with E-state index in [0.29, 0.717) is 22.5 Å². The molecule has 4 heteroatoms. The van der Waals surface area contributed by atoms with E-state index in [9.17, 15) is 4.39 Å². The van der Waals surface area contributed by atoms with Gasteiger partial charge in [0.2, 0.25) is 0 Å². The van der Waals surface area contributed by atoms with Crippen LogP contribution < -0.4 is 5.32 Å². The van der Waals surface area contributed by atoms with E-state index in [-0.39, 0.29) is 11.1 Å². The van der Waals surface area contributed by atoms with Crippen LogP contribution in [0.5, 0.6) is 0 Å². The van der Waals surface area contributed by atoms with Gasteiger partial charge >= 0.3 is 0 Å². The summed E-state index contributed by atoms with van der Waals surface area (Å²) in [7, 11) is 0. The highest BCUT2D eigenvalue weighted by molar-refractivity contribution is 6.36. The summed E-state index contributed by atoms with van der Waals surface area (Å²) in [5, 5.41) is 4.01. The molecule has 18 heavy (non-hydrogen) atoms. The molecule has 0 aliphatic heterocycles. The van der Waals surface area contributed by atoms with Gasteiger partial charge in [0.25, 0.3) is 0 Å². The Hall–Kier alpha value is -0.310. The van der Waals surface area contributed by atoms with Gasteiger partial charge in [-0.05, 0) is 38.3 Å². The van der Waals surface area contributed by atoms with Crippen LogP contribution in [0.4, 0.5) is 4.39 Å². The molecule has 2 atom stereocenters. The normalized spacial score (nSPS) is 14.9. The first-order chi connectivity index (χ1) is 8.32. The highest BCUT2D eigenvalue weighted by Crippen LogP contribution is 2.32. The standard InChI is InChI=1S/C14H20Cl2FN/c1-8(2)7-9(3)18-10(4)13-11(15)5-6-12(17)14(13)16/h5-6,8-10,18H,7H2,1-4H3. The van der Waals surface area contributed by atoms with Gasteiger partial charge in [-0.15, -0.1) is 0 Å². The number of rotatable bonds is 5. The van der Waals surface area contributed by atoms with Crippen molar-refractivity contribution in [1.82, 2.24) is 5.32 Å². The summed E-state index contributed by atoms with van der Waals surface area (Å²) in [5.41, 5.74) is 0.633. The van der Waals surface area contributed by atoms with Crippen molar-refractivity contribution in [1.29, 1.82) is 0 Å². The van der Waals surface area contributed by atoms with Crippen molar-refractivity contribution in [2.24, 2.45) is 5.92 Å². The topological polar surface area (TPSA) is 12.0 Å². The lowest BCUT2D eigenvalue weighted by Crippen LogP contribution is -2.30. The first kappa shape index (κ1) is 15.7. The Morgan fingerprint density at radius 2 is 1.78 bits per heavy atom. The van der Waals surface area contributed by atoms with E-state index < -0.39 is 5.82 Å². The summed E-state index contributed by atoms with van der Waals surface area (Å²) < 4.78 is 13.4. The molecule has 2 unspecified atom stereocenters. The van der Waals surface area contributed by atoms with Crippen molar-refractivity contribution >= 4 is 23.2 Å². The van der Waals surface area contributed by atoms with Gasteiger partial charge in [0.05, 0.1) is 5.02 Å². The molecule has 1 aromatic rings. The summed E-state index contributed by atoms with van der Waals surface area (Å²) in [6.07, 6.45) is 1.05. The number of hydrogen-bond donors (Lipinski definition) is 1. The average molecular weight is 292 g/mol. The Balaban J connectivity index is 2.84. The van der Waals surface area contributed by atoms with Crippen LogP contribution in [-0.4, -0.2) is 6.04 Å². The average Bonchev–Trinajstić information content (AvgIpc) is 2.22. The zero-order valence-electron chi connectivity index (χ0n) is 11.2. The molecule has 1 nitrogen and oxygen atoms in total. The number of nitrogens with one attached hydrogen (secondary N) is 1. The van der Waals surface area contributed by atoms with Crippen molar-refractivity contribution in [2.75, 3.05) is 0 Å². The quantitative estimate of drug-likeness (QED) is 0.734. The van der Waals surface area contributed by atoms with Crippen molar-refractivity contribution in [3.05, 3.63) is 33.6 Å². The predicted molar refractivity (Wildman–Crippen MR) is 76.9 cm³/mol. The monoisotopic (exact) mass is 291 g/mol. The molecular weight excluding hydrogens is 272 g/mol. The lowest BCUT2D eigenvalue weighted by atomic mass is 10.0. The Labute approximate surface area is 119 Å². The summed E-state index contributed by atoms with van der Waals surface area (Å²) in [5.74, 6) is 0.180. The van der Waals surface area contributed by atoms with E-state index in [1.165, 1.54) is 6.07 Å². The second-order valence-electron chi connectivity index (χ2n) is 5.18. The maximum Gasteiger partial charge on any atom is 0.142 e. The van der Waals surface area contributed by atoms with Crippen molar-refractivity contribution in [3.63, 3.8) is 0 Å². The van der Waals surface area contributed by atoms with Gasteiger partial charge in [-0.1, -0.05) is 37.0 Å². The molecule has 0 spiro atoms. The second kappa shape index (κ2) is 6.74. The van der Waals surface area contributed by atoms with E-state index in [1.807, 2.05) is 6.92 Å². The van der Waals surface area contributed by atoms with Crippen molar-refractivity contribution < 1.29 is 4.39 Å². The Morgan fingerprint density at radius 3 is 2.33 bits per heavy atom. The van der Waals surface area contributed by atoms with E-state index in [0.717, 1.165) is 6.42 Å². The number of halogens is 3. The van der Waals surface area contributed by atoms with Crippen molar-refractivity contribution in [3.8, 4) is 0 Å². The number of benzene rings is 1. The van der Waals surface area contributed by atoms with Gasteiger partial charge in [-0.25, -0.2) is 4.39 Å².